The van der Waals surface area contributed by atoms with E-state index in [9.17, 15) is 9.59 Å². The topological polar surface area (TPSA) is 66.4 Å². The smallest absolute Gasteiger partial charge is 0.335 e. The van der Waals surface area contributed by atoms with Gasteiger partial charge in [0.05, 0.1) is 5.56 Å². The van der Waals surface area contributed by atoms with Gasteiger partial charge in [0.25, 0.3) is 0 Å². The fourth-order valence-electron chi connectivity index (χ4n) is 2.76. The van der Waals surface area contributed by atoms with E-state index in [0.29, 0.717) is 6.42 Å². The Hall–Kier alpha value is -2.62. The summed E-state index contributed by atoms with van der Waals surface area (Å²) >= 11 is 0. The lowest BCUT2D eigenvalue weighted by molar-refractivity contribution is -0.116. The van der Waals surface area contributed by atoms with E-state index in [1.807, 2.05) is 25.1 Å². The van der Waals surface area contributed by atoms with Crippen LogP contribution in [-0.4, -0.2) is 16.9 Å². The number of ketones is 1. The first-order valence-electron chi connectivity index (χ1n) is 7.32. The zero-order valence-electron chi connectivity index (χ0n) is 12.3. The summed E-state index contributed by atoms with van der Waals surface area (Å²) in [6, 6.07) is 10.8. The van der Waals surface area contributed by atoms with Gasteiger partial charge in [0.15, 0.2) is 5.78 Å². The molecule has 4 heteroatoms. The van der Waals surface area contributed by atoms with Crippen LogP contribution in [0, 0.1) is 0 Å². The molecule has 4 nitrogen and oxygen atoms in total. The maximum Gasteiger partial charge on any atom is 0.335 e. The second-order valence-electron chi connectivity index (χ2n) is 5.59. The van der Waals surface area contributed by atoms with Gasteiger partial charge >= 0.3 is 5.97 Å². The van der Waals surface area contributed by atoms with Gasteiger partial charge in [-0.15, -0.1) is 0 Å². The minimum atomic E-state index is -0.925. The van der Waals surface area contributed by atoms with Crippen molar-refractivity contribution in [2.45, 2.75) is 26.2 Å². The summed E-state index contributed by atoms with van der Waals surface area (Å²) in [5.41, 5.74) is 2.99. The molecule has 1 aliphatic carbocycles. The molecule has 0 spiro atoms. The van der Waals surface area contributed by atoms with Gasteiger partial charge in [0.1, 0.15) is 0 Å². The second-order valence-corrected chi connectivity index (χ2v) is 5.59. The number of carboxylic acid groups (broad SMARTS) is 1. The van der Waals surface area contributed by atoms with Crippen molar-refractivity contribution in [1.29, 1.82) is 0 Å². The average Bonchev–Trinajstić information content (AvgIpc) is 2.51. The fourth-order valence-corrected chi connectivity index (χ4v) is 2.76. The molecule has 0 saturated carbocycles. The molecule has 0 heterocycles. The zero-order chi connectivity index (χ0) is 15.7. The van der Waals surface area contributed by atoms with Crippen molar-refractivity contribution in [3.8, 4) is 0 Å². The summed E-state index contributed by atoms with van der Waals surface area (Å²) in [6.45, 7) is 1.87. The van der Waals surface area contributed by atoms with Gasteiger partial charge < -0.3 is 10.4 Å². The number of nitrogens with one attached hydrogen (secondary N) is 1. The molecule has 0 atom stereocenters. The lowest BCUT2D eigenvalue weighted by Crippen LogP contribution is -2.14. The Morgan fingerprint density at radius 3 is 2.59 bits per heavy atom. The van der Waals surface area contributed by atoms with E-state index in [-0.39, 0.29) is 11.3 Å². The third kappa shape index (κ3) is 2.72. The Kier molecular flexibility index (Phi) is 3.67. The van der Waals surface area contributed by atoms with Crippen LogP contribution < -0.4 is 5.32 Å². The normalized spacial score (nSPS) is 15.2. The summed E-state index contributed by atoms with van der Waals surface area (Å²) in [5.74, 6) is -0.716. The van der Waals surface area contributed by atoms with E-state index in [2.05, 4.69) is 5.32 Å². The molecule has 2 aromatic rings. The highest BCUT2D eigenvalue weighted by molar-refractivity contribution is 5.97. The first-order valence-corrected chi connectivity index (χ1v) is 7.32. The van der Waals surface area contributed by atoms with Crippen molar-refractivity contribution in [2.24, 2.45) is 0 Å². The molecule has 0 saturated heterocycles. The van der Waals surface area contributed by atoms with Crippen LogP contribution in [0.15, 0.2) is 47.7 Å². The Bertz CT molecular complexity index is 805. The molecular formula is C18H17NO3. The van der Waals surface area contributed by atoms with E-state index >= 15 is 0 Å². The summed E-state index contributed by atoms with van der Waals surface area (Å²) in [4.78, 5) is 22.7. The number of hydrogen-bond acceptors (Lipinski definition) is 3. The fraction of sp³-hybridized carbons (Fsp3) is 0.222. The largest absolute Gasteiger partial charge is 0.478 e. The van der Waals surface area contributed by atoms with Crippen LogP contribution in [0.1, 0.15) is 36.5 Å². The van der Waals surface area contributed by atoms with Crippen LogP contribution in [0.3, 0.4) is 0 Å². The Balaban J connectivity index is 1.92. The molecule has 22 heavy (non-hydrogen) atoms. The van der Waals surface area contributed by atoms with Crippen LogP contribution in [0.25, 0.3) is 10.8 Å². The average molecular weight is 295 g/mol. The summed E-state index contributed by atoms with van der Waals surface area (Å²) < 4.78 is 0. The number of allylic oxidation sites excluding steroid dienone is 2. The van der Waals surface area contributed by atoms with Gasteiger partial charge in [-0.05, 0) is 54.8 Å². The summed E-state index contributed by atoms with van der Waals surface area (Å²) in [5, 5.41) is 14.2. The number of carbonyl (C=O) groups is 2. The highest BCUT2D eigenvalue weighted by atomic mass is 16.4. The molecule has 0 aromatic heterocycles. The van der Waals surface area contributed by atoms with E-state index in [4.69, 9.17) is 5.11 Å². The quantitative estimate of drug-likeness (QED) is 0.899. The van der Waals surface area contributed by atoms with E-state index in [0.717, 1.165) is 40.6 Å². The minimum Gasteiger partial charge on any atom is -0.478 e. The predicted octanol–water partition coefficient (Wildman–Crippen LogP) is 3.98. The maximum atomic E-state index is 11.8. The van der Waals surface area contributed by atoms with Gasteiger partial charge in [-0.2, -0.15) is 0 Å². The molecule has 0 amide bonds. The molecule has 0 fully saturated rings. The van der Waals surface area contributed by atoms with Crippen molar-refractivity contribution in [1.82, 2.24) is 0 Å². The molecule has 0 unspecified atom stereocenters. The lowest BCUT2D eigenvalue weighted by Gasteiger charge is -2.19. The van der Waals surface area contributed by atoms with Crippen LogP contribution in [0.5, 0.6) is 0 Å². The van der Waals surface area contributed by atoms with Crippen LogP contribution in [0.4, 0.5) is 5.69 Å². The number of rotatable bonds is 3. The number of hydrogen-bond donors (Lipinski definition) is 2. The number of Topliss-reactive ketones (excluding diaryl/α,β-unsaturated/α-hetero) is 1. The zero-order valence-corrected chi connectivity index (χ0v) is 12.3. The van der Waals surface area contributed by atoms with E-state index < -0.39 is 5.97 Å². The molecule has 0 aliphatic heterocycles. The third-order valence-electron chi connectivity index (χ3n) is 4.08. The van der Waals surface area contributed by atoms with E-state index in [1.165, 1.54) is 0 Å². The molecule has 0 bridgehead atoms. The number of anilines is 1. The standard InChI is InChI=1S/C18H17NO3/c1-11-16(3-2-4-17(11)20)19-15-8-7-12-9-14(18(21)22)6-5-13(12)10-15/h5-10,19H,2-4H2,1H3,(H,21,22). The highest BCUT2D eigenvalue weighted by Crippen LogP contribution is 2.26. The second kappa shape index (κ2) is 5.64. The Morgan fingerprint density at radius 1 is 1.09 bits per heavy atom. The molecule has 2 aromatic carbocycles. The summed E-state index contributed by atoms with van der Waals surface area (Å²) in [6.07, 6.45) is 2.40. The molecule has 112 valence electrons. The van der Waals surface area contributed by atoms with Crippen molar-refractivity contribution in [3.63, 3.8) is 0 Å². The van der Waals surface area contributed by atoms with Crippen molar-refractivity contribution in [3.05, 3.63) is 53.2 Å². The molecular weight excluding hydrogens is 278 g/mol. The number of aromatic carboxylic acids is 1. The van der Waals surface area contributed by atoms with Crippen molar-refractivity contribution < 1.29 is 14.7 Å². The monoisotopic (exact) mass is 295 g/mol. The van der Waals surface area contributed by atoms with Gasteiger partial charge in [0, 0.05) is 23.4 Å². The first-order chi connectivity index (χ1) is 10.5. The molecule has 0 radical (unpaired) electrons. The molecule has 1 aliphatic rings. The molecule has 3 rings (SSSR count). The van der Waals surface area contributed by atoms with Gasteiger partial charge in [0.2, 0.25) is 0 Å². The summed E-state index contributed by atoms with van der Waals surface area (Å²) in [7, 11) is 0. The minimum absolute atomic E-state index is 0.209. The number of fused-ring (bicyclic) bond motifs is 1. The third-order valence-corrected chi connectivity index (χ3v) is 4.08. The SMILES string of the molecule is CC1=C(Nc2ccc3cc(C(=O)O)ccc3c2)CCCC1=O. The highest BCUT2D eigenvalue weighted by Gasteiger charge is 2.16. The maximum absolute atomic E-state index is 11.8. The Morgan fingerprint density at radius 2 is 1.82 bits per heavy atom. The van der Waals surface area contributed by atoms with Gasteiger partial charge in [-0.25, -0.2) is 4.79 Å². The van der Waals surface area contributed by atoms with Crippen molar-refractivity contribution >= 4 is 28.2 Å². The number of benzene rings is 2. The number of carboxylic acids is 1. The number of carbonyl (C=O) groups excluding carboxylic acids is 1. The van der Waals surface area contributed by atoms with Crippen LogP contribution in [0.2, 0.25) is 0 Å². The van der Waals surface area contributed by atoms with Crippen molar-refractivity contribution in [2.75, 3.05) is 5.32 Å². The van der Waals surface area contributed by atoms with E-state index in [1.54, 1.807) is 18.2 Å². The predicted molar refractivity (Wildman–Crippen MR) is 86.1 cm³/mol. The Labute approximate surface area is 128 Å². The van der Waals surface area contributed by atoms with Crippen LogP contribution >= 0.6 is 0 Å². The lowest BCUT2D eigenvalue weighted by atomic mass is 9.96. The van der Waals surface area contributed by atoms with Gasteiger partial charge in [-0.3, -0.25) is 4.79 Å². The molecule has 2 N–H and O–H groups in total. The van der Waals surface area contributed by atoms with Crippen LogP contribution in [-0.2, 0) is 4.79 Å². The first kappa shape index (κ1) is 14.3. The van der Waals surface area contributed by atoms with Gasteiger partial charge in [-0.1, -0.05) is 12.1 Å².